The molecule has 264 valence electrons. The number of carbonyl (C=O) groups excluding carboxylic acids is 1. The fourth-order valence-electron chi connectivity index (χ4n) is 5.18. The minimum atomic E-state index is -1.40. The number of aromatic nitrogens is 2. The average molecular weight is 703 g/mol. The van der Waals surface area contributed by atoms with E-state index in [4.69, 9.17) is 33.4 Å². The van der Waals surface area contributed by atoms with Gasteiger partial charge in [0.2, 0.25) is 0 Å². The van der Waals surface area contributed by atoms with Crippen molar-refractivity contribution in [2.45, 2.75) is 90.1 Å². The lowest BCUT2D eigenvalue weighted by atomic mass is 10.1. The van der Waals surface area contributed by atoms with Gasteiger partial charge in [0.05, 0.1) is 24.8 Å². The highest BCUT2D eigenvalue weighted by Gasteiger charge is 2.24. The van der Waals surface area contributed by atoms with Gasteiger partial charge in [0.15, 0.2) is 18.8 Å². The first kappa shape index (κ1) is 37.9. The lowest BCUT2D eigenvalue weighted by Gasteiger charge is -2.23. The predicted molar refractivity (Wildman–Crippen MR) is 190 cm³/mol. The van der Waals surface area contributed by atoms with Gasteiger partial charge in [-0.1, -0.05) is 51.4 Å². The molecule has 1 fully saturated rings. The Hall–Kier alpha value is -2.95. The Morgan fingerprint density at radius 2 is 1.73 bits per heavy atom. The van der Waals surface area contributed by atoms with E-state index in [1.165, 1.54) is 29.9 Å². The van der Waals surface area contributed by atoms with Gasteiger partial charge in [-0.25, -0.2) is 14.2 Å². The maximum Gasteiger partial charge on any atom is 0.340 e. The topological polar surface area (TPSA) is 107 Å². The molecule has 0 bridgehead atoms. The molecule has 10 nitrogen and oxygen atoms in total. The summed E-state index contributed by atoms with van der Waals surface area (Å²) < 4.78 is 52.1. The van der Waals surface area contributed by atoms with Crippen LogP contribution in [0.15, 0.2) is 35.1 Å². The van der Waals surface area contributed by atoms with Crippen molar-refractivity contribution in [2.24, 2.45) is 0 Å². The fourth-order valence-corrected chi connectivity index (χ4v) is 6.70. The highest BCUT2D eigenvalue weighted by Crippen LogP contribution is 2.32. The number of nitrogens with zero attached hydrogens (tertiary/aromatic N) is 2. The van der Waals surface area contributed by atoms with Crippen LogP contribution < -0.4 is 10.3 Å². The van der Waals surface area contributed by atoms with Gasteiger partial charge in [-0.3, -0.25) is 9.36 Å². The van der Waals surface area contributed by atoms with Gasteiger partial charge in [-0.2, -0.15) is 0 Å². The number of carbonyl (C=O) groups is 1. The third-order valence-electron chi connectivity index (χ3n) is 8.13. The van der Waals surface area contributed by atoms with Crippen LogP contribution in [-0.4, -0.2) is 78.3 Å². The van der Waals surface area contributed by atoms with Crippen molar-refractivity contribution < 1.29 is 37.6 Å². The van der Waals surface area contributed by atoms with Gasteiger partial charge >= 0.3 is 5.97 Å². The Morgan fingerprint density at radius 1 is 1.00 bits per heavy atom. The van der Waals surface area contributed by atoms with Gasteiger partial charge in [0.25, 0.3) is 5.56 Å². The summed E-state index contributed by atoms with van der Waals surface area (Å²) in [6, 6.07) is 9.81. The van der Waals surface area contributed by atoms with Crippen molar-refractivity contribution in [3.63, 3.8) is 0 Å². The van der Waals surface area contributed by atoms with Crippen molar-refractivity contribution >= 4 is 33.2 Å². The Kier molecular flexibility index (Phi) is 13.5. The van der Waals surface area contributed by atoms with Crippen molar-refractivity contribution in [1.82, 2.24) is 9.55 Å². The normalized spacial score (nSPS) is 15.5. The van der Waals surface area contributed by atoms with E-state index in [1.807, 2.05) is 12.1 Å². The quantitative estimate of drug-likeness (QED) is 0.0632. The molecule has 0 spiro atoms. The summed E-state index contributed by atoms with van der Waals surface area (Å²) >= 11 is 0. The highest BCUT2D eigenvalue weighted by molar-refractivity contribution is 6.76. The van der Waals surface area contributed by atoms with E-state index < -0.39 is 33.5 Å². The molecule has 1 aromatic heterocycles. The number of hydrogen-bond donors (Lipinski definition) is 0. The second-order valence-corrected chi connectivity index (χ2v) is 25.8. The average Bonchev–Trinajstić information content (AvgIpc) is 3.03. The summed E-state index contributed by atoms with van der Waals surface area (Å²) in [5.74, 6) is -1.34. The van der Waals surface area contributed by atoms with Crippen LogP contribution in [-0.2, 0) is 36.8 Å². The maximum atomic E-state index is 15.9. The summed E-state index contributed by atoms with van der Waals surface area (Å²) in [7, 11) is -1.55. The molecule has 1 aliphatic heterocycles. The standard InChI is InChI=1S/C35H51FN2O8Si2/c1-41-35(40)27-12-10-11-26(30(27)36)31-34(39)38(23-42-19-21-47(2,3)4)28-15-14-25(16-18-45-29-13-8-9-17-44-29)33(32(28)37-31)46-24-43-20-22-48(5,6)7/h10-12,14-15,29H,8-9,13,16-24H2,1-7H3. The van der Waals surface area contributed by atoms with Crippen LogP contribution in [0.5, 0.6) is 5.75 Å². The number of benzene rings is 2. The molecule has 13 heteroatoms. The molecule has 2 heterocycles. The fraction of sp³-hybridized carbons (Fsp3) is 0.571. The van der Waals surface area contributed by atoms with E-state index in [1.54, 1.807) is 0 Å². The molecule has 0 amide bonds. The lowest BCUT2D eigenvalue weighted by molar-refractivity contribution is -0.161. The predicted octanol–water partition coefficient (Wildman–Crippen LogP) is 7.08. The number of rotatable bonds is 17. The number of esters is 1. The van der Waals surface area contributed by atoms with Gasteiger partial charge < -0.3 is 28.4 Å². The van der Waals surface area contributed by atoms with Crippen molar-refractivity contribution in [3.05, 3.63) is 57.6 Å². The molecule has 2 aromatic carbocycles. The largest absolute Gasteiger partial charge is 0.465 e. The number of hydrogen-bond acceptors (Lipinski definition) is 9. The maximum absolute atomic E-state index is 15.9. The SMILES string of the molecule is COC(=O)c1cccc(-c2nc3c(OCOCC[Si](C)(C)C)c(CCOC4CCCCO4)ccc3n(COCC[Si](C)(C)C)c2=O)c1F. The van der Waals surface area contributed by atoms with Crippen molar-refractivity contribution in [3.8, 4) is 17.0 Å². The Bertz CT molecular complexity index is 1600. The molecule has 0 aliphatic carbocycles. The Labute approximate surface area is 284 Å². The lowest BCUT2D eigenvalue weighted by Crippen LogP contribution is -2.27. The van der Waals surface area contributed by atoms with Crippen LogP contribution in [0.3, 0.4) is 0 Å². The van der Waals surface area contributed by atoms with Gasteiger partial charge in [-0.05, 0) is 61.5 Å². The van der Waals surface area contributed by atoms with E-state index in [-0.39, 0.29) is 36.6 Å². The van der Waals surface area contributed by atoms with Crippen molar-refractivity contribution in [2.75, 3.05) is 40.3 Å². The van der Waals surface area contributed by atoms with Crippen LogP contribution in [0.2, 0.25) is 51.4 Å². The first-order valence-corrected chi connectivity index (χ1v) is 24.2. The van der Waals surface area contributed by atoms with Crippen LogP contribution in [0.1, 0.15) is 35.2 Å². The molecule has 1 aliphatic rings. The Morgan fingerprint density at radius 3 is 2.40 bits per heavy atom. The van der Waals surface area contributed by atoms with Gasteiger partial charge in [0, 0.05) is 41.5 Å². The first-order valence-electron chi connectivity index (χ1n) is 16.7. The van der Waals surface area contributed by atoms with Gasteiger partial charge in [0.1, 0.15) is 23.8 Å². The second-order valence-electron chi connectivity index (χ2n) is 14.5. The van der Waals surface area contributed by atoms with E-state index in [2.05, 4.69) is 39.3 Å². The minimum absolute atomic E-state index is 0.0295. The molecule has 0 radical (unpaired) electrons. The summed E-state index contributed by atoms with van der Waals surface area (Å²) in [5, 5.41) is 0. The zero-order valence-electron chi connectivity index (χ0n) is 29.5. The van der Waals surface area contributed by atoms with Crippen LogP contribution >= 0.6 is 0 Å². The summed E-state index contributed by atoms with van der Waals surface area (Å²) in [5.41, 5.74) is 0.463. The van der Waals surface area contributed by atoms with Crippen LogP contribution in [0, 0.1) is 5.82 Å². The molecule has 1 unspecified atom stereocenters. The number of halogens is 1. The molecule has 3 aromatic rings. The first-order chi connectivity index (χ1) is 22.8. The monoisotopic (exact) mass is 702 g/mol. The number of methoxy groups -OCH3 is 1. The third-order valence-corrected chi connectivity index (χ3v) is 11.5. The van der Waals surface area contributed by atoms with E-state index >= 15 is 4.39 Å². The summed E-state index contributed by atoms with van der Waals surface area (Å²) in [4.78, 5) is 31.2. The molecule has 1 saturated heterocycles. The van der Waals surface area contributed by atoms with Crippen LogP contribution in [0.25, 0.3) is 22.3 Å². The number of ether oxygens (including phenoxy) is 6. The van der Waals surface area contributed by atoms with Gasteiger partial charge in [-0.15, -0.1) is 0 Å². The zero-order chi connectivity index (χ0) is 34.9. The summed E-state index contributed by atoms with van der Waals surface area (Å²) in [6.45, 7) is 15.6. The number of fused-ring (bicyclic) bond motifs is 1. The van der Waals surface area contributed by atoms with E-state index in [0.29, 0.717) is 49.6 Å². The molecular formula is C35H51FN2O8Si2. The smallest absolute Gasteiger partial charge is 0.340 e. The molecule has 0 saturated carbocycles. The zero-order valence-corrected chi connectivity index (χ0v) is 31.5. The highest BCUT2D eigenvalue weighted by atomic mass is 28.3. The molecular weight excluding hydrogens is 652 g/mol. The van der Waals surface area contributed by atoms with Crippen molar-refractivity contribution in [1.29, 1.82) is 0 Å². The summed E-state index contributed by atoms with van der Waals surface area (Å²) in [6.07, 6.45) is 3.16. The molecule has 48 heavy (non-hydrogen) atoms. The Balaban J connectivity index is 1.80. The molecule has 4 rings (SSSR count). The molecule has 1 atom stereocenters. The van der Waals surface area contributed by atoms with E-state index in [0.717, 1.165) is 36.9 Å². The molecule has 0 N–H and O–H groups in total. The minimum Gasteiger partial charge on any atom is -0.465 e. The third kappa shape index (κ3) is 10.5. The second kappa shape index (κ2) is 17.1. The van der Waals surface area contributed by atoms with Crippen LogP contribution in [0.4, 0.5) is 4.39 Å². The van der Waals surface area contributed by atoms with E-state index in [9.17, 15) is 9.59 Å².